The Morgan fingerprint density at radius 2 is 1.77 bits per heavy atom. The minimum Gasteiger partial charge on any atom is -0.497 e. The Hall–Kier alpha value is -2.24. The Kier molecular flexibility index (Phi) is 7.81. The third-order valence-corrected chi connectivity index (χ3v) is 2.96. The number of amides is 1. The molecule has 0 heterocycles. The van der Waals surface area contributed by atoms with Crippen LogP contribution in [0.3, 0.4) is 0 Å². The molecular weight excluding hydrogens is 280 g/mol. The predicted octanol–water partition coefficient (Wildman–Crippen LogP) is 1.25. The molecule has 0 saturated carbocycles. The third-order valence-electron chi connectivity index (χ3n) is 2.96. The average Bonchev–Trinajstić information content (AvgIpc) is 2.53. The van der Waals surface area contributed by atoms with Crippen molar-refractivity contribution < 1.29 is 9.53 Å². The largest absolute Gasteiger partial charge is 0.497 e. The molecule has 0 radical (unpaired) electrons. The van der Waals surface area contributed by atoms with Crippen LogP contribution in [0.5, 0.6) is 5.75 Å². The van der Waals surface area contributed by atoms with Crippen LogP contribution in [0.1, 0.15) is 24.2 Å². The first-order valence-electron chi connectivity index (χ1n) is 7.43. The van der Waals surface area contributed by atoms with Crippen LogP contribution < -0.4 is 20.7 Å². The van der Waals surface area contributed by atoms with E-state index in [4.69, 9.17) is 4.74 Å². The highest BCUT2D eigenvalue weighted by Gasteiger charge is 2.05. The molecule has 122 valence electrons. The maximum absolute atomic E-state index is 11.9. The summed E-state index contributed by atoms with van der Waals surface area (Å²) in [6, 6.07) is 7.02. The molecular formula is C16H26N4O2. The van der Waals surface area contributed by atoms with Gasteiger partial charge in [-0.05, 0) is 30.2 Å². The summed E-state index contributed by atoms with van der Waals surface area (Å²) in [6.45, 7) is 6.26. The Morgan fingerprint density at radius 1 is 1.14 bits per heavy atom. The zero-order chi connectivity index (χ0) is 16.4. The minimum atomic E-state index is -0.102. The molecule has 3 N–H and O–H groups in total. The number of nitrogens with one attached hydrogen (secondary N) is 3. The first kappa shape index (κ1) is 17.8. The van der Waals surface area contributed by atoms with Crippen LogP contribution in [-0.4, -0.2) is 45.7 Å². The SMILES string of the molecule is CN=C(NCCNC(=O)c1ccc(OC)cc1)NCC(C)C. The number of ether oxygens (including phenoxy) is 1. The summed E-state index contributed by atoms with van der Waals surface area (Å²) in [5, 5.41) is 9.22. The number of carbonyl (C=O) groups is 1. The smallest absolute Gasteiger partial charge is 0.251 e. The second kappa shape index (κ2) is 9.65. The van der Waals surface area contributed by atoms with Crippen LogP contribution in [0.2, 0.25) is 0 Å². The first-order chi connectivity index (χ1) is 10.6. The van der Waals surface area contributed by atoms with Gasteiger partial charge in [0.25, 0.3) is 5.91 Å². The number of hydrogen-bond acceptors (Lipinski definition) is 3. The lowest BCUT2D eigenvalue weighted by Gasteiger charge is -2.13. The van der Waals surface area contributed by atoms with Crippen LogP contribution in [0, 0.1) is 5.92 Å². The molecule has 1 amide bonds. The molecule has 1 aromatic rings. The summed E-state index contributed by atoms with van der Waals surface area (Å²) in [6.07, 6.45) is 0. The lowest BCUT2D eigenvalue weighted by Crippen LogP contribution is -2.42. The number of benzene rings is 1. The van der Waals surface area contributed by atoms with Gasteiger partial charge in [-0.25, -0.2) is 0 Å². The molecule has 0 aliphatic carbocycles. The topological polar surface area (TPSA) is 74.8 Å². The van der Waals surface area contributed by atoms with Gasteiger partial charge in [-0.1, -0.05) is 13.8 Å². The monoisotopic (exact) mass is 306 g/mol. The summed E-state index contributed by atoms with van der Waals surface area (Å²) < 4.78 is 5.06. The molecule has 6 heteroatoms. The van der Waals surface area contributed by atoms with Crippen molar-refractivity contribution in [3.8, 4) is 5.75 Å². The number of guanidine groups is 1. The molecule has 0 spiro atoms. The number of nitrogens with zero attached hydrogens (tertiary/aromatic N) is 1. The van der Waals surface area contributed by atoms with Crippen LogP contribution in [-0.2, 0) is 0 Å². The molecule has 6 nitrogen and oxygen atoms in total. The van der Waals surface area contributed by atoms with Crippen LogP contribution in [0.4, 0.5) is 0 Å². The Morgan fingerprint density at radius 3 is 2.32 bits per heavy atom. The highest BCUT2D eigenvalue weighted by atomic mass is 16.5. The van der Waals surface area contributed by atoms with Crippen molar-refractivity contribution >= 4 is 11.9 Å². The Balaban J connectivity index is 2.29. The fourth-order valence-corrected chi connectivity index (χ4v) is 1.72. The van der Waals surface area contributed by atoms with Crippen molar-refractivity contribution in [1.82, 2.24) is 16.0 Å². The molecule has 0 fully saturated rings. The summed E-state index contributed by atoms with van der Waals surface area (Å²) in [5.74, 6) is 1.92. The van der Waals surface area contributed by atoms with Gasteiger partial charge in [-0.2, -0.15) is 0 Å². The average molecular weight is 306 g/mol. The number of hydrogen-bond donors (Lipinski definition) is 3. The normalized spacial score (nSPS) is 11.2. The number of carbonyl (C=O) groups excluding carboxylic acids is 1. The van der Waals surface area contributed by atoms with E-state index in [1.165, 1.54) is 0 Å². The van der Waals surface area contributed by atoms with E-state index in [1.807, 2.05) is 0 Å². The van der Waals surface area contributed by atoms with Crippen LogP contribution >= 0.6 is 0 Å². The second-order valence-electron chi connectivity index (χ2n) is 5.26. The van der Waals surface area contributed by atoms with E-state index in [1.54, 1.807) is 38.4 Å². The van der Waals surface area contributed by atoms with Crippen molar-refractivity contribution in [3.05, 3.63) is 29.8 Å². The van der Waals surface area contributed by atoms with Crippen molar-refractivity contribution in [3.63, 3.8) is 0 Å². The fourth-order valence-electron chi connectivity index (χ4n) is 1.72. The Bertz CT molecular complexity index is 483. The van der Waals surface area contributed by atoms with E-state index >= 15 is 0 Å². The highest BCUT2D eigenvalue weighted by Crippen LogP contribution is 2.10. The summed E-state index contributed by atoms with van der Waals surface area (Å²) >= 11 is 0. The van der Waals surface area contributed by atoms with Gasteiger partial charge in [0.2, 0.25) is 0 Å². The predicted molar refractivity (Wildman–Crippen MR) is 89.5 cm³/mol. The lowest BCUT2D eigenvalue weighted by molar-refractivity contribution is 0.0954. The zero-order valence-corrected chi connectivity index (χ0v) is 13.8. The molecule has 0 aliphatic rings. The second-order valence-corrected chi connectivity index (χ2v) is 5.26. The maximum atomic E-state index is 11.9. The van der Waals surface area contributed by atoms with Gasteiger partial charge in [0.15, 0.2) is 5.96 Å². The minimum absolute atomic E-state index is 0.102. The molecule has 0 saturated heterocycles. The Labute approximate surface area is 132 Å². The van der Waals surface area contributed by atoms with Crippen molar-refractivity contribution in [2.45, 2.75) is 13.8 Å². The van der Waals surface area contributed by atoms with E-state index in [-0.39, 0.29) is 5.91 Å². The highest BCUT2D eigenvalue weighted by molar-refractivity contribution is 5.94. The van der Waals surface area contributed by atoms with Gasteiger partial charge in [-0.15, -0.1) is 0 Å². The van der Waals surface area contributed by atoms with E-state index in [0.717, 1.165) is 18.3 Å². The molecule has 1 rings (SSSR count). The molecule has 1 aromatic carbocycles. The molecule has 0 aromatic heterocycles. The van der Waals surface area contributed by atoms with E-state index < -0.39 is 0 Å². The summed E-state index contributed by atoms with van der Waals surface area (Å²) in [7, 11) is 3.33. The van der Waals surface area contributed by atoms with Gasteiger partial charge in [0.1, 0.15) is 5.75 Å². The maximum Gasteiger partial charge on any atom is 0.251 e. The number of aliphatic imine (C=N–C) groups is 1. The van der Waals surface area contributed by atoms with Crippen LogP contribution in [0.15, 0.2) is 29.3 Å². The first-order valence-corrected chi connectivity index (χ1v) is 7.43. The third kappa shape index (κ3) is 6.47. The van der Waals surface area contributed by atoms with E-state index in [0.29, 0.717) is 24.6 Å². The van der Waals surface area contributed by atoms with Crippen LogP contribution in [0.25, 0.3) is 0 Å². The summed E-state index contributed by atoms with van der Waals surface area (Å²) in [5.41, 5.74) is 0.614. The lowest BCUT2D eigenvalue weighted by atomic mass is 10.2. The van der Waals surface area contributed by atoms with Gasteiger partial charge >= 0.3 is 0 Å². The fraction of sp³-hybridized carbons (Fsp3) is 0.500. The molecule has 22 heavy (non-hydrogen) atoms. The van der Waals surface area contributed by atoms with Gasteiger partial charge in [0, 0.05) is 32.2 Å². The number of methoxy groups -OCH3 is 1. The number of rotatable bonds is 7. The van der Waals surface area contributed by atoms with Gasteiger partial charge in [-0.3, -0.25) is 9.79 Å². The van der Waals surface area contributed by atoms with E-state index in [2.05, 4.69) is 34.8 Å². The van der Waals surface area contributed by atoms with Crippen molar-refractivity contribution in [2.24, 2.45) is 10.9 Å². The standard InChI is InChI=1S/C16H26N4O2/c1-12(2)11-20-16(17-3)19-10-9-18-15(21)13-5-7-14(22-4)8-6-13/h5-8,12H,9-11H2,1-4H3,(H,18,21)(H2,17,19,20). The molecule has 0 aliphatic heterocycles. The summed E-state index contributed by atoms with van der Waals surface area (Å²) in [4.78, 5) is 16.1. The van der Waals surface area contributed by atoms with E-state index in [9.17, 15) is 4.79 Å². The van der Waals surface area contributed by atoms with Crippen molar-refractivity contribution in [1.29, 1.82) is 0 Å². The van der Waals surface area contributed by atoms with Gasteiger partial charge < -0.3 is 20.7 Å². The molecule has 0 unspecified atom stereocenters. The quantitative estimate of drug-likeness (QED) is 0.403. The molecule has 0 bridgehead atoms. The van der Waals surface area contributed by atoms with Gasteiger partial charge in [0.05, 0.1) is 7.11 Å². The molecule has 0 atom stereocenters. The zero-order valence-electron chi connectivity index (χ0n) is 13.8. The van der Waals surface area contributed by atoms with Crippen molar-refractivity contribution in [2.75, 3.05) is 33.8 Å².